The van der Waals surface area contributed by atoms with Crippen LogP contribution in [0.4, 0.5) is 0 Å². The van der Waals surface area contributed by atoms with E-state index in [-0.39, 0.29) is 11.7 Å². The van der Waals surface area contributed by atoms with Crippen molar-refractivity contribution < 1.29 is 9.90 Å². The fraction of sp³-hybridized carbons (Fsp3) is 0.194. The Kier molecular flexibility index (Phi) is 9.52. The summed E-state index contributed by atoms with van der Waals surface area (Å²) in [7, 11) is 1.65. The van der Waals surface area contributed by atoms with Crippen LogP contribution in [0.2, 0.25) is 0 Å². The van der Waals surface area contributed by atoms with Crippen molar-refractivity contribution in [2.75, 3.05) is 7.05 Å². The molecule has 0 atom stereocenters. The Balaban J connectivity index is 0.000000253. The van der Waals surface area contributed by atoms with Crippen molar-refractivity contribution in [2.45, 2.75) is 33.1 Å². The lowest BCUT2D eigenvalue weighted by Crippen LogP contribution is -2.19. The lowest BCUT2D eigenvalue weighted by molar-refractivity contribution is -0.119. The van der Waals surface area contributed by atoms with Crippen molar-refractivity contribution in [2.24, 2.45) is 9.98 Å². The number of carbonyl (C=O) groups excluding carboxylic acids is 1. The molecule has 0 saturated carbocycles. The van der Waals surface area contributed by atoms with Gasteiger partial charge >= 0.3 is 0 Å². The van der Waals surface area contributed by atoms with Crippen molar-refractivity contribution in [1.82, 2.24) is 5.32 Å². The van der Waals surface area contributed by atoms with E-state index in [2.05, 4.69) is 29.2 Å². The molecule has 5 heteroatoms. The predicted molar refractivity (Wildman–Crippen MR) is 150 cm³/mol. The summed E-state index contributed by atoms with van der Waals surface area (Å²) >= 11 is 0. The topological polar surface area (TPSA) is 74.1 Å². The number of nitrogens with zero attached hydrogens (tertiary/aromatic N) is 2. The van der Waals surface area contributed by atoms with Crippen molar-refractivity contribution >= 4 is 30.1 Å². The zero-order valence-corrected chi connectivity index (χ0v) is 21.2. The van der Waals surface area contributed by atoms with Crippen molar-refractivity contribution in [1.29, 1.82) is 0 Å². The molecule has 5 nitrogen and oxygen atoms in total. The first-order valence-corrected chi connectivity index (χ1v) is 12.0. The fourth-order valence-electron chi connectivity index (χ4n) is 3.80. The van der Waals surface area contributed by atoms with Gasteiger partial charge in [-0.2, -0.15) is 0 Å². The summed E-state index contributed by atoms with van der Waals surface area (Å²) < 4.78 is 0. The highest BCUT2D eigenvalue weighted by atomic mass is 16.3. The number of amides is 1. The third-order valence-corrected chi connectivity index (χ3v) is 5.81. The van der Waals surface area contributed by atoms with Crippen LogP contribution in [0.5, 0.6) is 5.75 Å². The monoisotopic (exact) mass is 479 g/mol. The first-order valence-electron chi connectivity index (χ1n) is 12.0. The molecule has 3 aromatic rings. The average Bonchev–Trinajstić information content (AvgIpc) is 2.89. The first-order chi connectivity index (χ1) is 17.4. The summed E-state index contributed by atoms with van der Waals surface area (Å²) in [5.74, 6) is 0.339. The summed E-state index contributed by atoms with van der Waals surface area (Å²) in [4.78, 5) is 19.9. The molecule has 0 unspecified atom stereocenters. The van der Waals surface area contributed by atoms with Gasteiger partial charge in [0.2, 0.25) is 5.91 Å². The number of fused-ring (bicyclic) bond motifs is 1. The molecule has 1 aliphatic rings. The highest BCUT2D eigenvalue weighted by Crippen LogP contribution is 2.34. The van der Waals surface area contributed by atoms with Crippen LogP contribution in [-0.4, -0.2) is 30.5 Å². The Morgan fingerprint density at radius 1 is 1.06 bits per heavy atom. The summed E-state index contributed by atoms with van der Waals surface area (Å²) in [6.45, 7) is 7.69. The number of nitrogens with one attached hydrogen (secondary N) is 1. The average molecular weight is 480 g/mol. The van der Waals surface area contributed by atoms with Gasteiger partial charge in [0.15, 0.2) is 0 Å². The smallest absolute Gasteiger partial charge is 0.224 e. The number of rotatable bonds is 6. The Labute approximate surface area is 213 Å². The molecule has 0 saturated heterocycles. The number of aromatic hydroxyl groups is 1. The molecular weight excluding hydrogens is 446 g/mol. The molecule has 1 amide bonds. The molecule has 36 heavy (non-hydrogen) atoms. The van der Waals surface area contributed by atoms with Gasteiger partial charge in [-0.1, -0.05) is 66.2 Å². The quantitative estimate of drug-likeness (QED) is 0.415. The molecule has 4 rings (SSSR count). The minimum absolute atomic E-state index is 0.0545. The minimum Gasteiger partial charge on any atom is -0.508 e. The molecule has 0 bridgehead atoms. The molecule has 0 aliphatic heterocycles. The maximum atomic E-state index is 11.0. The fourth-order valence-corrected chi connectivity index (χ4v) is 3.80. The van der Waals surface area contributed by atoms with E-state index in [1.807, 2.05) is 74.5 Å². The lowest BCUT2D eigenvalue weighted by Gasteiger charge is -2.19. The van der Waals surface area contributed by atoms with Crippen molar-refractivity contribution in [3.05, 3.63) is 112 Å². The zero-order valence-electron chi connectivity index (χ0n) is 21.2. The van der Waals surface area contributed by atoms with Gasteiger partial charge in [-0.15, -0.1) is 0 Å². The summed E-state index contributed by atoms with van der Waals surface area (Å²) in [5, 5.41) is 12.3. The number of hydrogen-bond acceptors (Lipinski definition) is 4. The number of hydrogen-bond donors (Lipinski definition) is 2. The van der Waals surface area contributed by atoms with Crippen LogP contribution in [0, 0.1) is 6.92 Å². The third-order valence-electron chi connectivity index (χ3n) is 5.81. The van der Waals surface area contributed by atoms with Crippen molar-refractivity contribution in [3.8, 4) is 5.75 Å². The maximum absolute atomic E-state index is 11.0. The van der Waals surface area contributed by atoms with Crippen molar-refractivity contribution in [3.63, 3.8) is 0 Å². The van der Waals surface area contributed by atoms with E-state index in [4.69, 9.17) is 4.99 Å². The Morgan fingerprint density at radius 2 is 1.78 bits per heavy atom. The second-order valence-corrected chi connectivity index (χ2v) is 8.63. The second kappa shape index (κ2) is 13.0. The van der Waals surface area contributed by atoms with Gasteiger partial charge < -0.3 is 10.4 Å². The summed E-state index contributed by atoms with van der Waals surface area (Å²) in [6, 6.07) is 23.5. The number of aliphatic imine (C=N–C) groups is 2. The number of phenols is 1. The van der Waals surface area contributed by atoms with Crippen LogP contribution in [0.25, 0.3) is 11.8 Å². The second-order valence-electron chi connectivity index (χ2n) is 8.63. The number of carbonyl (C=O) groups is 1. The van der Waals surface area contributed by atoms with E-state index in [0.29, 0.717) is 6.42 Å². The van der Waals surface area contributed by atoms with E-state index in [9.17, 15) is 9.90 Å². The summed E-state index contributed by atoms with van der Waals surface area (Å²) in [6.07, 6.45) is 6.14. The van der Waals surface area contributed by atoms with Crippen LogP contribution in [0.1, 0.15) is 41.2 Å². The molecule has 2 N–H and O–H groups in total. The SMILES string of the molecule is C=NC1=C(N=C(C)/C=C/c2ccccc2)c2ccc(O)cc2CC1.CNC(=O)Cc1ccc(C)cc1. The molecule has 3 aromatic carbocycles. The number of aryl methyl sites for hydroxylation is 2. The number of allylic oxidation sites excluding steroid dienone is 2. The molecule has 1 aliphatic carbocycles. The van der Waals surface area contributed by atoms with Crippen LogP contribution in [0.3, 0.4) is 0 Å². The van der Waals surface area contributed by atoms with Gasteiger partial charge in [-0.3, -0.25) is 14.8 Å². The van der Waals surface area contributed by atoms with Crippen LogP contribution in [-0.2, 0) is 17.6 Å². The highest BCUT2D eigenvalue weighted by Gasteiger charge is 2.18. The van der Waals surface area contributed by atoms with E-state index in [1.54, 1.807) is 19.2 Å². The van der Waals surface area contributed by atoms with E-state index >= 15 is 0 Å². The van der Waals surface area contributed by atoms with Gasteiger partial charge in [-0.25, -0.2) is 0 Å². The Bertz CT molecular complexity index is 1290. The van der Waals surface area contributed by atoms with E-state index in [0.717, 1.165) is 52.2 Å². The first kappa shape index (κ1) is 26.4. The number of likely N-dealkylation sites (N-methyl/N-ethyl adjacent to an activating group) is 1. The number of phenolic OH excluding ortho intramolecular Hbond substituents is 1. The van der Waals surface area contributed by atoms with Gasteiger partial charge in [0, 0.05) is 18.3 Å². The highest BCUT2D eigenvalue weighted by molar-refractivity contribution is 6.00. The molecule has 0 spiro atoms. The van der Waals surface area contributed by atoms with Gasteiger partial charge in [0.05, 0.1) is 17.8 Å². The zero-order chi connectivity index (χ0) is 25.9. The largest absolute Gasteiger partial charge is 0.508 e. The predicted octanol–water partition coefficient (Wildman–Crippen LogP) is 6.17. The molecular formula is C31H33N3O2. The molecule has 0 heterocycles. The molecule has 0 fully saturated rings. The maximum Gasteiger partial charge on any atom is 0.224 e. The normalized spacial score (nSPS) is 13.0. The van der Waals surface area contributed by atoms with Gasteiger partial charge in [0.1, 0.15) is 5.75 Å². The standard InChI is InChI=1S/C21H20N2O.C10H13NO/c1-15(8-9-16-6-4-3-5-7-16)23-21-19-12-11-18(24)14-17(19)10-13-20(21)22-2;1-8-3-5-9(6-4-8)7-10(12)11-2/h3-9,11-12,14,24H,2,10,13H2,1H3;3-6H,7H2,1-2H3,(H,11,12)/b9-8+,23-15?;. The van der Waals surface area contributed by atoms with Crippen LogP contribution < -0.4 is 5.32 Å². The molecule has 0 aromatic heterocycles. The van der Waals surface area contributed by atoms with E-state index in [1.165, 1.54) is 5.56 Å². The Morgan fingerprint density at radius 3 is 2.44 bits per heavy atom. The van der Waals surface area contributed by atoms with Gasteiger partial charge in [0.25, 0.3) is 0 Å². The summed E-state index contributed by atoms with van der Waals surface area (Å²) in [5.41, 5.74) is 8.18. The lowest BCUT2D eigenvalue weighted by atomic mass is 9.92. The van der Waals surface area contributed by atoms with Crippen LogP contribution >= 0.6 is 0 Å². The number of benzene rings is 3. The molecule has 0 radical (unpaired) electrons. The van der Waals surface area contributed by atoms with E-state index < -0.39 is 0 Å². The van der Waals surface area contributed by atoms with Crippen LogP contribution in [0.15, 0.2) is 94.6 Å². The third kappa shape index (κ3) is 7.64. The van der Waals surface area contributed by atoms with Gasteiger partial charge in [-0.05, 0) is 74.4 Å². The Hall–Kier alpha value is -4.25. The molecule has 184 valence electrons. The minimum atomic E-state index is 0.0545.